The molecule has 14 heteroatoms. The van der Waals surface area contributed by atoms with Gasteiger partial charge in [0.25, 0.3) is 5.56 Å². The van der Waals surface area contributed by atoms with Crippen molar-refractivity contribution in [1.82, 2.24) is 39.4 Å². The molecule has 0 unspecified atom stereocenters. The van der Waals surface area contributed by atoms with Gasteiger partial charge in [-0.3, -0.25) is 38.5 Å². The zero-order chi connectivity index (χ0) is 38.4. The Labute approximate surface area is 325 Å². The second-order valence-corrected chi connectivity index (χ2v) is 14.9. The maximum absolute atomic E-state index is 13.7. The molecule has 0 radical (unpaired) electrons. The van der Waals surface area contributed by atoms with E-state index in [4.69, 9.17) is 16.6 Å². The number of hydrogen-bond donors (Lipinski definition) is 1. The van der Waals surface area contributed by atoms with Gasteiger partial charge in [-0.2, -0.15) is 5.10 Å². The second kappa shape index (κ2) is 14.6. The summed E-state index contributed by atoms with van der Waals surface area (Å²) in [7, 11) is 0. The first-order valence-corrected chi connectivity index (χ1v) is 19.1. The molecule has 2 atom stereocenters. The summed E-state index contributed by atoms with van der Waals surface area (Å²) in [6.45, 7) is 8.38. The van der Waals surface area contributed by atoms with Crippen LogP contribution < -0.4 is 10.9 Å². The number of aryl methyl sites for hydroxylation is 3. The van der Waals surface area contributed by atoms with E-state index in [0.29, 0.717) is 40.3 Å². The number of aliphatic imine (C=N–C) groups is 1. The number of fused-ring (bicyclic) bond motifs is 4. The summed E-state index contributed by atoms with van der Waals surface area (Å²) in [5.74, 6) is 14.2. The van der Waals surface area contributed by atoms with Gasteiger partial charge in [0.2, 0.25) is 11.8 Å². The van der Waals surface area contributed by atoms with Crippen molar-refractivity contribution in [3.05, 3.63) is 120 Å². The minimum Gasteiger partial charge on any atom is -0.295 e. The van der Waals surface area contributed by atoms with Gasteiger partial charge in [-0.25, -0.2) is 4.98 Å². The molecule has 1 N–H and O–H groups in total. The lowest BCUT2D eigenvalue weighted by atomic mass is 9.99. The second-order valence-electron chi connectivity index (χ2n) is 13.5. The summed E-state index contributed by atoms with van der Waals surface area (Å²) in [4.78, 5) is 48.6. The van der Waals surface area contributed by atoms with Crippen molar-refractivity contribution in [1.29, 1.82) is 0 Å². The summed E-state index contributed by atoms with van der Waals surface area (Å²) in [5, 5.41) is 17.7. The van der Waals surface area contributed by atoms with Gasteiger partial charge in [0, 0.05) is 47.3 Å². The van der Waals surface area contributed by atoms with E-state index in [1.54, 1.807) is 36.6 Å². The molecule has 6 heterocycles. The number of carbonyl (C=O) groups is 2. The van der Waals surface area contributed by atoms with Crippen LogP contribution in [0, 0.1) is 44.5 Å². The van der Waals surface area contributed by atoms with Crippen LogP contribution in [0.15, 0.2) is 64.6 Å². The zero-order valence-corrected chi connectivity index (χ0v) is 32.0. The molecule has 1 fully saturated rings. The number of unbranched alkanes of at least 4 members (excludes halogenated alkanes) is 1. The molecule has 0 saturated carbocycles. The van der Waals surface area contributed by atoms with Gasteiger partial charge in [-0.15, -0.1) is 21.5 Å². The van der Waals surface area contributed by atoms with Crippen molar-refractivity contribution < 1.29 is 9.59 Å². The minimum atomic E-state index is -0.797. The van der Waals surface area contributed by atoms with Crippen molar-refractivity contribution in [2.75, 3.05) is 0 Å². The molecule has 1 saturated heterocycles. The first-order valence-electron chi connectivity index (χ1n) is 17.9. The average Bonchev–Trinajstić information content (AvgIpc) is 3.85. The number of thiophene rings is 1. The fraction of sp³-hybridized carbons (Fsp3) is 0.268. The molecule has 2 aliphatic heterocycles. The lowest BCUT2D eigenvalue weighted by Crippen LogP contribution is -2.45. The summed E-state index contributed by atoms with van der Waals surface area (Å²) < 4.78 is 5.32. The zero-order valence-electron chi connectivity index (χ0n) is 30.5. The number of hydrogen-bond acceptors (Lipinski definition) is 9. The molecule has 2 amide bonds. The predicted molar refractivity (Wildman–Crippen MR) is 211 cm³/mol. The fourth-order valence-corrected chi connectivity index (χ4v) is 8.36. The van der Waals surface area contributed by atoms with E-state index in [0.717, 1.165) is 55.9 Å². The molecular weight excluding hydrogens is 734 g/mol. The Balaban J connectivity index is 0.989. The Morgan fingerprint density at radius 1 is 1.00 bits per heavy atom. The molecule has 6 aromatic rings. The third kappa shape index (κ3) is 6.78. The van der Waals surface area contributed by atoms with Gasteiger partial charge in [0.15, 0.2) is 5.82 Å². The number of benzene rings is 2. The molecule has 274 valence electrons. The van der Waals surface area contributed by atoms with E-state index in [9.17, 15) is 14.4 Å². The van der Waals surface area contributed by atoms with E-state index in [1.807, 2.05) is 55.1 Å². The maximum atomic E-state index is 13.7. The Morgan fingerprint density at radius 3 is 2.62 bits per heavy atom. The quantitative estimate of drug-likeness (QED) is 0.130. The van der Waals surface area contributed by atoms with E-state index >= 15 is 0 Å². The van der Waals surface area contributed by atoms with E-state index in [2.05, 4.69) is 60.8 Å². The summed E-state index contributed by atoms with van der Waals surface area (Å²) in [6, 6.07) is 12.1. The summed E-state index contributed by atoms with van der Waals surface area (Å²) in [5.41, 5.74) is 5.40. The molecule has 0 spiro atoms. The number of rotatable bonds is 5. The van der Waals surface area contributed by atoms with Crippen molar-refractivity contribution in [2.45, 2.75) is 72.0 Å². The third-order valence-corrected chi connectivity index (χ3v) is 11.2. The largest absolute Gasteiger partial charge is 0.295 e. The van der Waals surface area contributed by atoms with Gasteiger partial charge in [-0.05, 0) is 70.4 Å². The molecule has 2 aromatic carbocycles. The highest BCUT2D eigenvalue weighted by atomic mass is 35.5. The Kier molecular flexibility index (Phi) is 9.51. The lowest BCUT2D eigenvalue weighted by molar-refractivity contribution is -0.135. The van der Waals surface area contributed by atoms with Crippen LogP contribution in [0.1, 0.15) is 94.9 Å². The number of amides is 2. The normalized spacial score (nSPS) is 16.3. The number of aromatic nitrogens is 7. The van der Waals surface area contributed by atoms with Crippen LogP contribution in [0.4, 0.5) is 0 Å². The number of carbonyl (C=O) groups excluding carboxylic acids is 2. The smallest absolute Gasteiger partial charge is 0.263 e. The van der Waals surface area contributed by atoms with Crippen LogP contribution in [0.25, 0.3) is 15.9 Å². The average molecular weight is 768 g/mol. The van der Waals surface area contributed by atoms with Crippen LogP contribution in [-0.4, -0.2) is 51.6 Å². The van der Waals surface area contributed by atoms with Crippen LogP contribution >= 0.6 is 22.9 Å². The van der Waals surface area contributed by atoms with Gasteiger partial charge < -0.3 is 0 Å². The molecular formula is C41H34ClN9O3S. The van der Waals surface area contributed by atoms with E-state index in [1.165, 1.54) is 4.57 Å². The van der Waals surface area contributed by atoms with Crippen molar-refractivity contribution in [2.24, 2.45) is 4.99 Å². The molecule has 2 aliphatic rings. The number of nitrogens with one attached hydrogen (secondary N) is 1. The Hall–Kier alpha value is -6.15. The van der Waals surface area contributed by atoms with Crippen LogP contribution in [0.3, 0.4) is 0 Å². The first-order chi connectivity index (χ1) is 26.6. The Bertz CT molecular complexity index is 2770. The topological polar surface area (TPSA) is 142 Å². The molecule has 4 aromatic heterocycles. The lowest BCUT2D eigenvalue weighted by Gasteiger charge is -2.24. The van der Waals surface area contributed by atoms with Gasteiger partial charge in [-0.1, -0.05) is 53.5 Å². The van der Waals surface area contributed by atoms with E-state index in [-0.39, 0.29) is 30.3 Å². The highest BCUT2D eigenvalue weighted by Crippen LogP contribution is 2.39. The Morgan fingerprint density at radius 2 is 1.82 bits per heavy atom. The third-order valence-electron chi connectivity index (χ3n) is 9.73. The molecule has 8 rings (SSSR count). The van der Waals surface area contributed by atoms with E-state index < -0.39 is 11.9 Å². The van der Waals surface area contributed by atoms with Gasteiger partial charge >= 0.3 is 0 Å². The number of nitrogens with zero attached hydrogens (tertiary/aromatic N) is 8. The van der Waals surface area contributed by atoms with Gasteiger partial charge in [0.1, 0.15) is 28.7 Å². The van der Waals surface area contributed by atoms with Crippen molar-refractivity contribution >= 4 is 51.4 Å². The molecule has 55 heavy (non-hydrogen) atoms. The molecule has 0 aliphatic carbocycles. The van der Waals surface area contributed by atoms with Crippen LogP contribution in [-0.2, 0) is 16.1 Å². The molecule has 12 nitrogen and oxygen atoms in total. The fourth-order valence-electron chi connectivity index (χ4n) is 7.02. The SMILES string of the molecule is Cc1c(C#Cc2cnn(CCCC#Cc3cccc4nc(C)n([C@H]5CCC(=O)NC5=O)c(=O)c34)c2)sc2c1C(c1ccc(Cl)cc1)=N[C@@H](C)c1nnc(C)n1-2. The first kappa shape index (κ1) is 35.9. The highest BCUT2D eigenvalue weighted by molar-refractivity contribution is 7.15. The van der Waals surface area contributed by atoms with Gasteiger partial charge in [0.05, 0.1) is 33.3 Å². The highest BCUT2D eigenvalue weighted by Gasteiger charge is 2.32. The van der Waals surface area contributed by atoms with Crippen LogP contribution in [0.5, 0.6) is 0 Å². The predicted octanol–water partition coefficient (Wildman–Crippen LogP) is 5.94. The van der Waals surface area contributed by atoms with Crippen molar-refractivity contribution in [3.63, 3.8) is 0 Å². The minimum absolute atomic E-state index is 0.162. The summed E-state index contributed by atoms with van der Waals surface area (Å²) in [6.07, 6.45) is 5.39. The summed E-state index contributed by atoms with van der Waals surface area (Å²) >= 11 is 7.83. The number of imide groups is 1. The standard InChI is InChI=1S/C41H34ClN9O3S/c1-23-33(55-41-35(23)37(29-13-15-30(42)16-14-29)44-24(2)38-48-47-26(4)51(38)41)18-12-27-21-43-49(22-27)20-7-5-6-9-28-10-8-11-31-36(28)40(54)50(25(3)45-31)32-17-19-34(52)46-39(32)53/h8,10-11,13-16,21-22,24,32H,5,7,17,19-20H2,1-4H3,(H,46,52,53)/t24-,32-/m0/s1. The maximum Gasteiger partial charge on any atom is 0.263 e. The van der Waals surface area contributed by atoms with Crippen molar-refractivity contribution in [3.8, 4) is 28.7 Å². The number of piperidine rings is 1. The van der Waals surface area contributed by atoms with Crippen LogP contribution in [0.2, 0.25) is 5.02 Å². The monoisotopic (exact) mass is 767 g/mol. The molecule has 0 bridgehead atoms. The number of halogens is 1.